The van der Waals surface area contributed by atoms with Gasteiger partial charge in [-0.25, -0.2) is 24.9 Å². The number of nitrogens with one attached hydrogen (secondary N) is 10. The standard InChI is InChI=1S/C18H22N6OS.C17H20N6OS.C17H22N6OS.2C16H20N6OS/c1-24(18(25)11-3-4-11)8-2-6-20-13-10-16(19)22-14-9-15(26-17(13)14)12-5-7-21-23-12;1-23(17(24)10-2-3-10)7-6-19-12-9-15(18)21-13-8-14(25-16(12)13)11-4-5-20-22-11;1-10-15-17(25-16(10)12-5-7-20-22-12)13(9-14(18)21-15)19-6-4-8-23(3)11(2)24;1-9-14-16(24-15(9)11-4-5-19-21-11)12(8-13(17)20-14)18-6-7-22(3)10(2)23;1-10(23)22(2)7-3-5-18-12-9-15(17)20-13-8-14(24-16(12)13)11-4-6-19-21-11/h5,7,9-11H,2-4,6,8H2,1H3,(H,21,23)(H3,19,20,22);4-5,8-10H,2-3,6-7H2,1H3,(H,20,22)(H3,18,19,21);5,7,9H,4,6,8H2,1-3H3,(H,20,22)(H3,18,19,21);4-5,8H,6-7H2,1-3H3,(H,19,21)(H3,17,18,20);4,6,8-9H,3,5,7H2,1-2H3,(H,19,21)(H3,17,18,20). The molecule has 0 atom stereocenters. The van der Waals surface area contributed by atoms with Gasteiger partial charge in [0.1, 0.15) is 29.1 Å². The van der Waals surface area contributed by atoms with Crippen LogP contribution in [-0.2, 0) is 24.0 Å². The fraction of sp³-hybridized carbons (Fsp3) is 0.345. The smallest absolute Gasteiger partial charge is 0.225 e. The Balaban J connectivity index is 0.000000133. The number of amides is 5. The number of anilines is 10. The Kier molecular flexibility index (Phi) is 29.2. The van der Waals surface area contributed by atoms with Crippen LogP contribution in [0, 0.1) is 25.7 Å². The Morgan fingerprint density at radius 3 is 0.919 bits per heavy atom. The van der Waals surface area contributed by atoms with E-state index in [1.54, 1.807) is 142 Å². The summed E-state index contributed by atoms with van der Waals surface area (Å²) in [5.74, 6) is 3.69. The largest absolute Gasteiger partial charge is 0.384 e. The highest BCUT2D eigenvalue weighted by atomic mass is 32.1. The first-order valence-corrected chi connectivity index (χ1v) is 44.6. The second kappa shape index (κ2) is 40.8. The number of aromatic nitrogens is 15. The summed E-state index contributed by atoms with van der Waals surface area (Å²) in [7, 11) is 9.15. The van der Waals surface area contributed by atoms with E-state index >= 15 is 0 Å². The maximum atomic E-state index is 12.0. The normalized spacial score (nSPS) is 12.2. The molecule has 124 heavy (non-hydrogen) atoms. The van der Waals surface area contributed by atoms with Gasteiger partial charge in [-0.05, 0) is 118 Å². The number of thiophene rings is 5. The van der Waals surface area contributed by atoms with Gasteiger partial charge in [-0.1, -0.05) is 0 Å². The summed E-state index contributed by atoms with van der Waals surface area (Å²) in [6, 6.07) is 25.0. The minimum absolute atomic E-state index is 0.0460. The molecular weight excluding hydrogens is 1670 g/mol. The third-order valence-corrected chi connectivity index (χ3v) is 27.0. The van der Waals surface area contributed by atoms with E-state index in [1.807, 2.05) is 119 Å². The molecule has 2 aliphatic carbocycles. The van der Waals surface area contributed by atoms with Gasteiger partial charge >= 0.3 is 0 Å². The Labute approximate surface area is 735 Å². The third-order valence-electron chi connectivity index (χ3n) is 20.8. The predicted molar refractivity (Wildman–Crippen MR) is 504 cm³/mol. The van der Waals surface area contributed by atoms with Crippen molar-refractivity contribution in [2.45, 2.75) is 79.6 Å². The number of carbonyl (C=O) groups is 5. The van der Waals surface area contributed by atoms with E-state index in [4.69, 9.17) is 28.7 Å². The van der Waals surface area contributed by atoms with E-state index in [0.29, 0.717) is 55.3 Å². The van der Waals surface area contributed by atoms with E-state index in [2.05, 4.69) is 102 Å². The molecule has 0 unspecified atom stereocenters. The zero-order chi connectivity index (χ0) is 87.8. The zero-order valence-electron chi connectivity index (χ0n) is 70.7. The minimum atomic E-state index is 0.0460. The van der Waals surface area contributed by atoms with Gasteiger partial charge in [-0.15, -0.1) is 56.7 Å². The zero-order valence-corrected chi connectivity index (χ0v) is 74.8. The molecule has 2 saturated carbocycles. The molecule has 15 aromatic heterocycles. The van der Waals surface area contributed by atoms with Gasteiger partial charge in [0.25, 0.3) is 0 Å². The molecule has 0 radical (unpaired) electrons. The van der Waals surface area contributed by atoms with Crippen LogP contribution in [0.3, 0.4) is 0 Å². The number of pyridine rings is 5. The van der Waals surface area contributed by atoms with Gasteiger partial charge in [0.15, 0.2) is 0 Å². The molecule has 0 saturated heterocycles. The van der Waals surface area contributed by atoms with Crippen LogP contribution >= 0.6 is 56.7 Å². The Hall–Kier alpha value is -13.1. The second-order valence-corrected chi connectivity index (χ2v) is 35.6. The summed E-state index contributed by atoms with van der Waals surface area (Å²) in [5, 5.41) is 52.0. The van der Waals surface area contributed by atoms with E-state index < -0.39 is 0 Å². The minimum Gasteiger partial charge on any atom is -0.384 e. The molecule has 5 amide bonds. The van der Waals surface area contributed by atoms with Gasteiger partial charge in [-0.2, -0.15) is 25.5 Å². The van der Waals surface area contributed by atoms with Crippen molar-refractivity contribution in [2.75, 3.05) is 156 Å². The lowest BCUT2D eigenvalue weighted by atomic mass is 10.2. The molecule has 2 fully saturated rings. The van der Waals surface area contributed by atoms with Gasteiger partial charge in [-0.3, -0.25) is 49.5 Å². The quantitative estimate of drug-likeness (QED) is 0.0186. The number of nitrogens with two attached hydrogens (primary N) is 5. The van der Waals surface area contributed by atoms with Gasteiger partial charge in [0, 0.05) is 195 Å². The van der Waals surface area contributed by atoms with Gasteiger partial charge in [0.2, 0.25) is 29.5 Å². The molecule has 0 aromatic carbocycles. The summed E-state index contributed by atoms with van der Waals surface area (Å²) < 4.78 is 5.32. The number of aromatic amines is 5. The van der Waals surface area contributed by atoms with Crippen LogP contribution in [0.1, 0.15) is 76.8 Å². The number of fused-ring (bicyclic) bond motifs is 5. The van der Waals surface area contributed by atoms with Crippen LogP contribution in [0.2, 0.25) is 0 Å². The number of carbonyl (C=O) groups excluding carboxylic acids is 5. The number of H-pyrrole nitrogens is 5. The van der Waals surface area contributed by atoms with Crippen LogP contribution < -0.4 is 55.3 Å². The van der Waals surface area contributed by atoms with Crippen molar-refractivity contribution >= 4 is 195 Å². The third kappa shape index (κ3) is 22.6. The highest BCUT2D eigenvalue weighted by Crippen LogP contribution is 2.45. The number of nitrogen functional groups attached to an aromatic ring is 5. The van der Waals surface area contributed by atoms with Crippen molar-refractivity contribution in [3.63, 3.8) is 0 Å². The molecule has 0 spiro atoms. The lowest BCUT2D eigenvalue weighted by Gasteiger charge is -2.17. The van der Waals surface area contributed by atoms with E-state index in [-0.39, 0.29) is 41.4 Å². The SMILES string of the molecule is CC(=O)N(C)CCCNc1cc(N)nc2c(C)c(-c3ccn[nH]3)sc12.CC(=O)N(C)CCCNc1cc(N)nc2cc(-c3ccn[nH]3)sc12.CC(=O)N(C)CCNc1cc(N)nc2c(C)c(-c3ccn[nH]3)sc12.CN(CCCNc1cc(N)nc2cc(-c3ccn[nH]3)sc12)C(=O)C1CC1.CN(CCNc1cc(N)nc2cc(-c3ccn[nH]3)sc12)C(=O)C1CC1. The molecule has 650 valence electrons. The number of hydrogen-bond donors (Lipinski definition) is 15. The number of nitrogens with zero attached hydrogens (tertiary/aromatic N) is 15. The van der Waals surface area contributed by atoms with Crippen molar-refractivity contribution in [3.05, 3.63) is 121 Å². The maximum Gasteiger partial charge on any atom is 0.225 e. The van der Waals surface area contributed by atoms with E-state index in [9.17, 15) is 24.0 Å². The molecule has 20 N–H and O–H groups in total. The van der Waals surface area contributed by atoms with Crippen molar-refractivity contribution in [1.29, 1.82) is 0 Å². The summed E-state index contributed by atoms with van der Waals surface area (Å²) in [4.78, 5) is 94.2. The lowest BCUT2D eigenvalue weighted by Crippen LogP contribution is -2.32. The maximum absolute atomic E-state index is 12.0. The van der Waals surface area contributed by atoms with Crippen LogP contribution in [0.4, 0.5) is 57.5 Å². The fourth-order valence-electron chi connectivity index (χ4n) is 13.3. The molecule has 40 heteroatoms. The first-order valence-electron chi connectivity index (χ1n) is 40.5. The molecule has 17 rings (SSSR count). The van der Waals surface area contributed by atoms with Crippen LogP contribution in [0.25, 0.3) is 104 Å². The van der Waals surface area contributed by atoms with E-state index in [1.165, 1.54) is 0 Å². The summed E-state index contributed by atoms with van der Waals surface area (Å²) in [5.41, 5.74) is 46.1. The predicted octanol–water partition coefficient (Wildman–Crippen LogP) is 13.4. The molecule has 15 aromatic rings. The van der Waals surface area contributed by atoms with Crippen molar-refractivity contribution in [2.24, 2.45) is 11.8 Å². The van der Waals surface area contributed by atoms with Gasteiger partial charge < -0.3 is 79.8 Å². The van der Waals surface area contributed by atoms with Crippen LogP contribution in [-0.4, -0.2) is 231 Å². The van der Waals surface area contributed by atoms with Crippen molar-refractivity contribution < 1.29 is 24.0 Å². The van der Waals surface area contributed by atoms with Crippen molar-refractivity contribution in [3.8, 4) is 52.9 Å². The molecule has 0 bridgehead atoms. The highest BCUT2D eigenvalue weighted by molar-refractivity contribution is 7.24. The molecule has 2 aliphatic rings. The van der Waals surface area contributed by atoms with Gasteiger partial charge in [0.05, 0.1) is 132 Å². The number of rotatable bonds is 30. The molecule has 35 nitrogen and oxygen atoms in total. The first kappa shape index (κ1) is 88.7. The summed E-state index contributed by atoms with van der Waals surface area (Å²) in [6.07, 6.45) is 15.4. The second-order valence-electron chi connectivity index (χ2n) is 30.4. The highest BCUT2D eigenvalue weighted by Gasteiger charge is 2.33. The fourth-order valence-corrected chi connectivity index (χ4v) is 19.0. The first-order chi connectivity index (χ1) is 59.7. The monoisotopic (exact) mass is 1770 g/mol. The Morgan fingerprint density at radius 2 is 0.621 bits per heavy atom. The van der Waals surface area contributed by atoms with Crippen molar-refractivity contribution in [1.82, 2.24) is 100 Å². The van der Waals surface area contributed by atoms with E-state index in [0.717, 1.165) is 228 Å². The lowest BCUT2D eigenvalue weighted by molar-refractivity contribution is -0.131. The van der Waals surface area contributed by atoms with Crippen LogP contribution in [0.5, 0.6) is 0 Å². The average molecular weight is 1770 g/mol. The number of aryl methyl sites for hydroxylation is 2. The topological polar surface area (TPSA) is 500 Å². The summed E-state index contributed by atoms with van der Waals surface area (Å²) in [6.45, 7) is 15.9. The molecular formula is C84H104N30O5S5. The Morgan fingerprint density at radius 1 is 0.355 bits per heavy atom. The number of hydrogen-bond acceptors (Lipinski definition) is 30. The average Bonchev–Trinajstić information content (AvgIpc) is 1.63. The number of likely N-dealkylation sites (N-methyl/N-ethyl adjacent to an activating group) is 2. The van der Waals surface area contributed by atoms with Crippen LogP contribution in [0.15, 0.2) is 110 Å². The molecule has 0 aliphatic heterocycles. The summed E-state index contributed by atoms with van der Waals surface area (Å²) >= 11 is 8.26. The Bertz CT molecular complexity index is 6130. The molecule has 15 heterocycles.